The van der Waals surface area contributed by atoms with Crippen molar-refractivity contribution in [2.45, 2.75) is 5.60 Å². The Morgan fingerprint density at radius 1 is 0.609 bits per heavy atom. The second-order valence-electron chi connectivity index (χ2n) is 5.23. The van der Waals surface area contributed by atoms with E-state index in [2.05, 4.69) is 0 Å². The highest BCUT2D eigenvalue weighted by Gasteiger charge is 2.33. The molecule has 0 aliphatic rings. The summed E-state index contributed by atoms with van der Waals surface area (Å²) in [6.07, 6.45) is 0. The van der Waals surface area contributed by atoms with Gasteiger partial charge in [-0.2, -0.15) is 0 Å². The monoisotopic (exact) mass is 346 g/mol. The van der Waals surface area contributed by atoms with Crippen LogP contribution in [0.15, 0.2) is 72.8 Å². The van der Waals surface area contributed by atoms with Gasteiger partial charge in [-0.3, -0.25) is 0 Å². The third-order valence-electron chi connectivity index (χ3n) is 3.79. The Hall–Kier alpha value is -1.87. The van der Waals surface area contributed by atoms with Crippen molar-refractivity contribution in [1.82, 2.24) is 0 Å². The molecule has 1 N–H and O–H groups in total. The van der Waals surface area contributed by atoms with Crippen LogP contribution in [0, 0.1) is 5.82 Å². The van der Waals surface area contributed by atoms with Crippen LogP contribution in [-0.4, -0.2) is 5.11 Å². The molecule has 0 amide bonds. The van der Waals surface area contributed by atoms with Crippen LogP contribution in [0.25, 0.3) is 0 Å². The largest absolute Gasteiger partial charge is 0.376 e. The standard InChI is InChI=1S/C19H13Cl2FO/c20-16-7-1-13(2-8-16)19(23,14-3-9-17(21)10-4-14)15-5-11-18(22)12-6-15/h1-12,23H. The lowest BCUT2D eigenvalue weighted by molar-refractivity contribution is 0.125. The average Bonchev–Trinajstić information content (AvgIpc) is 2.56. The Labute approximate surface area is 143 Å². The first-order chi connectivity index (χ1) is 11.0. The van der Waals surface area contributed by atoms with E-state index in [0.29, 0.717) is 26.7 Å². The highest BCUT2D eigenvalue weighted by atomic mass is 35.5. The van der Waals surface area contributed by atoms with E-state index in [-0.39, 0.29) is 5.82 Å². The Balaban J connectivity index is 2.21. The third kappa shape index (κ3) is 3.11. The highest BCUT2D eigenvalue weighted by Crippen LogP contribution is 2.37. The minimum Gasteiger partial charge on any atom is -0.376 e. The van der Waals surface area contributed by atoms with Gasteiger partial charge < -0.3 is 5.11 Å². The molecule has 0 spiro atoms. The van der Waals surface area contributed by atoms with E-state index in [9.17, 15) is 9.50 Å². The fourth-order valence-corrected chi connectivity index (χ4v) is 2.83. The number of hydrogen-bond donors (Lipinski definition) is 1. The molecule has 3 rings (SSSR count). The lowest BCUT2D eigenvalue weighted by Crippen LogP contribution is -2.28. The number of rotatable bonds is 3. The van der Waals surface area contributed by atoms with E-state index in [4.69, 9.17) is 23.2 Å². The molecule has 116 valence electrons. The molecule has 0 atom stereocenters. The molecule has 23 heavy (non-hydrogen) atoms. The molecule has 0 aliphatic carbocycles. The molecule has 0 fully saturated rings. The van der Waals surface area contributed by atoms with Gasteiger partial charge in [0, 0.05) is 10.0 Å². The lowest BCUT2D eigenvalue weighted by atomic mass is 9.80. The zero-order valence-electron chi connectivity index (χ0n) is 12.0. The van der Waals surface area contributed by atoms with E-state index in [0.717, 1.165) is 0 Å². The first kappa shape index (κ1) is 16.0. The van der Waals surface area contributed by atoms with Gasteiger partial charge in [0.05, 0.1) is 0 Å². The summed E-state index contributed by atoms with van der Waals surface area (Å²) in [5.41, 5.74) is 0.401. The molecule has 3 aromatic rings. The quantitative estimate of drug-likeness (QED) is 0.628. The predicted molar refractivity (Wildman–Crippen MR) is 91.4 cm³/mol. The minimum atomic E-state index is -1.43. The Kier molecular flexibility index (Phi) is 4.40. The van der Waals surface area contributed by atoms with E-state index in [1.165, 1.54) is 12.1 Å². The van der Waals surface area contributed by atoms with Gasteiger partial charge in [-0.05, 0) is 53.1 Å². The molecule has 0 aromatic heterocycles. The van der Waals surface area contributed by atoms with Gasteiger partial charge in [0.15, 0.2) is 0 Å². The van der Waals surface area contributed by atoms with Crippen molar-refractivity contribution in [3.05, 3.63) is 105 Å². The highest BCUT2D eigenvalue weighted by molar-refractivity contribution is 6.30. The molecule has 0 aliphatic heterocycles. The fraction of sp³-hybridized carbons (Fsp3) is 0.0526. The Morgan fingerprint density at radius 3 is 1.26 bits per heavy atom. The summed E-state index contributed by atoms with van der Waals surface area (Å²) in [6, 6.07) is 19.6. The van der Waals surface area contributed by atoms with E-state index in [1.807, 2.05) is 0 Å². The SMILES string of the molecule is OC(c1ccc(F)cc1)(c1ccc(Cl)cc1)c1ccc(Cl)cc1. The maximum Gasteiger partial charge on any atom is 0.140 e. The molecule has 3 aromatic carbocycles. The maximum absolute atomic E-state index is 13.3. The van der Waals surface area contributed by atoms with Crippen LogP contribution in [0.4, 0.5) is 4.39 Å². The first-order valence-corrected chi connectivity index (χ1v) is 7.76. The normalized spacial score (nSPS) is 11.5. The van der Waals surface area contributed by atoms with Crippen LogP contribution in [0.5, 0.6) is 0 Å². The second kappa shape index (κ2) is 6.32. The molecule has 0 unspecified atom stereocenters. The number of halogens is 3. The molecular formula is C19H13Cl2FO. The van der Waals surface area contributed by atoms with Crippen LogP contribution >= 0.6 is 23.2 Å². The summed E-state index contributed by atoms with van der Waals surface area (Å²) in [6.45, 7) is 0. The Bertz CT molecular complexity index is 685. The number of benzene rings is 3. The van der Waals surface area contributed by atoms with Crippen LogP contribution < -0.4 is 0 Å². The zero-order valence-corrected chi connectivity index (χ0v) is 13.5. The van der Waals surface area contributed by atoms with Crippen LogP contribution in [0.1, 0.15) is 16.7 Å². The second-order valence-corrected chi connectivity index (χ2v) is 6.10. The predicted octanol–water partition coefficient (Wildman–Crippen LogP) is 5.42. The maximum atomic E-state index is 13.3. The van der Waals surface area contributed by atoms with Crippen molar-refractivity contribution in [3.63, 3.8) is 0 Å². The number of aliphatic hydroxyl groups is 1. The van der Waals surface area contributed by atoms with Crippen molar-refractivity contribution in [1.29, 1.82) is 0 Å². The zero-order chi connectivity index (χ0) is 16.4. The topological polar surface area (TPSA) is 20.2 Å². The van der Waals surface area contributed by atoms with Crippen molar-refractivity contribution in [3.8, 4) is 0 Å². The summed E-state index contributed by atoms with van der Waals surface area (Å²) in [5, 5.41) is 12.6. The van der Waals surface area contributed by atoms with Gasteiger partial charge in [0.2, 0.25) is 0 Å². The van der Waals surface area contributed by atoms with E-state index in [1.54, 1.807) is 60.7 Å². The van der Waals surface area contributed by atoms with Crippen molar-refractivity contribution in [2.24, 2.45) is 0 Å². The average molecular weight is 347 g/mol. The van der Waals surface area contributed by atoms with Crippen LogP contribution in [0.3, 0.4) is 0 Å². The Morgan fingerprint density at radius 2 is 0.913 bits per heavy atom. The summed E-state index contributed by atoms with van der Waals surface area (Å²) in [5.74, 6) is -0.358. The summed E-state index contributed by atoms with van der Waals surface area (Å²) < 4.78 is 13.3. The summed E-state index contributed by atoms with van der Waals surface area (Å²) >= 11 is 11.9. The molecule has 0 saturated heterocycles. The van der Waals surface area contributed by atoms with Gasteiger partial charge in [-0.25, -0.2) is 4.39 Å². The van der Waals surface area contributed by atoms with Gasteiger partial charge in [-0.15, -0.1) is 0 Å². The molecule has 1 nitrogen and oxygen atoms in total. The molecule has 0 bridgehead atoms. The number of hydrogen-bond acceptors (Lipinski definition) is 1. The smallest absolute Gasteiger partial charge is 0.140 e. The van der Waals surface area contributed by atoms with Gasteiger partial charge in [-0.1, -0.05) is 59.6 Å². The van der Waals surface area contributed by atoms with Crippen molar-refractivity contribution < 1.29 is 9.50 Å². The molecule has 0 radical (unpaired) electrons. The molecule has 0 heterocycles. The first-order valence-electron chi connectivity index (χ1n) is 7.00. The molecule has 0 saturated carbocycles. The lowest BCUT2D eigenvalue weighted by Gasteiger charge is -2.30. The summed E-state index contributed by atoms with van der Waals surface area (Å²) in [4.78, 5) is 0. The molecular weight excluding hydrogens is 334 g/mol. The van der Waals surface area contributed by atoms with Crippen molar-refractivity contribution in [2.75, 3.05) is 0 Å². The fourth-order valence-electron chi connectivity index (χ4n) is 2.57. The van der Waals surface area contributed by atoms with Gasteiger partial charge >= 0.3 is 0 Å². The van der Waals surface area contributed by atoms with E-state index >= 15 is 0 Å². The van der Waals surface area contributed by atoms with Gasteiger partial charge in [0.1, 0.15) is 11.4 Å². The third-order valence-corrected chi connectivity index (χ3v) is 4.29. The van der Waals surface area contributed by atoms with E-state index < -0.39 is 5.60 Å². The molecule has 4 heteroatoms. The summed E-state index contributed by atoms with van der Waals surface area (Å²) in [7, 11) is 0. The van der Waals surface area contributed by atoms with Crippen LogP contribution in [-0.2, 0) is 5.60 Å². The van der Waals surface area contributed by atoms with Gasteiger partial charge in [0.25, 0.3) is 0 Å². The van der Waals surface area contributed by atoms with Crippen molar-refractivity contribution >= 4 is 23.2 Å². The van der Waals surface area contributed by atoms with Crippen LogP contribution in [0.2, 0.25) is 10.0 Å². The minimum absolute atomic E-state index is 0.358.